The van der Waals surface area contributed by atoms with Gasteiger partial charge < -0.3 is 5.32 Å². The van der Waals surface area contributed by atoms with Crippen molar-refractivity contribution in [3.05, 3.63) is 71.3 Å². The van der Waals surface area contributed by atoms with Crippen LogP contribution in [0.3, 0.4) is 0 Å². The molecule has 0 radical (unpaired) electrons. The van der Waals surface area contributed by atoms with Crippen LogP contribution in [-0.2, 0) is 11.3 Å². The van der Waals surface area contributed by atoms with E-state index in [1.165, 1.54) is 18.2 Å². The number of rotatable bonds is 4. The van der Waals surface area contributed by atoms with E-state index in [1.54, 1.807) is 30.3 Å². The molecule has 1 heterocycles. The molecule has 2 aromatic carbocycles. The molecule has 1 fully saturated rings. The summed E-state index contributed by atoms with van der Waals surface area (Å²) in [6.07, 6.45) is 0.536. The largest absolute Gasteiger partial charge is 0.351 e. The lowest BCUT2D eigenvalue weighted by Crippen LogP contribution is -2.42. The third-order valence-electron chi connectivity index (χ3n) is 3.90. The second-order valence-corrected chi connectivity index (χ2v) is 5.49. The molecule has 0 saturated carbocycles. The topological polar surface area (TPSA) is 53.2 Å². The van der Waals surface area contributed by atoms with E-state index in [1.807, 2.05) is 0 Å². The SMILES string of the molecule is O=C(NCc1ccccc1F)C1CC(c2ccc(F)cc2)NN1. The first-order valence-electron chi connectivity index (χ1n) is 7.41. The highest BCUT2D eigenvalue weighted by Gasteiger charge is 2.29. The summed E-state index contributed by atoms with van der Waals surface area (Å²) >= 11 is 0. The zero-order chi connectivity index (χ0) is 16.2. The van der Waals surface area contributed by atoms with Crippen LogP contribution in [0, 0.1) is 11.6 Å². The normalized spacial score (nSPS) is 20.4. The van der Waals surface area contributed by atoms with E-state index in [-0.39, 0.29) is 30.1 Å². The van der Waals surface area contributed by atoms with E-state index in [4.69, 9.17) is 0 Å². The van der Waals surface area contributed by atoms with Gasteiger partial charge in [-0.15, -0.1) is 0 Å². The van der Waals surface area contributed by atoms with Gasteiger partial charge in [-0.25, -0.2) is 19.6 Å². The molecule has 2 unspecified atom stereocenters. The zero-order valence-corrected chi connectivity index (χ0v) is 12.4. The fourth-order valence-corrected chi connectivity index (χ4v) is 2.59. The summed E-state index contributed by atoms with van der Waals surface area (Å²) in [6.45, 7) is 0.144. The van der Waals surface area contributed by atoms with Crippen LogP contribution in [-0.4, -0.2) is 11.9 Å². The summed E-state index contributed by atoms with van der Waals surface area (Å²) in [6, 6.07) is 12.0. The van der Waals surface area contributed by atoms with Crippen molar-refractivity contribution in [1.29, 1.82) is 0 Å². The van der Waals surface area contributed by atoms with E-state index in [0.717, 1.165) is 5.56 Å². The van der Waals surface area contributed by atoms with Crippen LogP contribution >= 0.6 is 0 Å². The molecular weight excluding hydrogens is 300 g/mol. The van der Waals surface area contributed by atoms with Crippen molar-refractivity contribution in [2.75, 3.05) is 0 Å². The number of carbonyl (C=O) groups excluding carboxylic acids is 1. The molecule has 1 amide bonds. The van der Waals surface area contributed by atoms with Gasteiger partial charge in [0.05, 0.1) is 0 Å². The summed E-state index contributed by atoms with van der Waals surface area (Å²) in [4.78, 5) is 12.2. The fraction of sp³-hybridized carbons (Fsp3) is 0.235. The van der Waals surface area contributed by atoms with Crippen LogP contribution in [0.5, 0.6) is 0 Å². The predicted molar refractivity (Wildman–Crippen MR) is 82.1 cm³/mol. The highest BCUT2D eigenvalue weighted by molar-refractivity contribution is 5.82. The number of hydrogen-bond donors (Lipinski definition) is 3. The molecule has 0 bridgehead atoms. The Morgan fingerprint density at radius 3 is 2.57 bits per heavy atom. The third kappa shape index (κ3) is 3.72. The monoisotopic (exact) mass is 317 g/mol. The Hall–Kier alpha value is -2.31. The lowest BCUT2D eigenvalue weighted by atomic mass is 10.0. The highest BCUT2D eigenvalue weighted by atomic mass is 19.1. The molecule has 120 valence electrons. The van der Waals surface area contributed by atoms with Gasteiger partial charge in [-0.05, 0) is 30.2 Å². The zero-order valence-electron chi connectivity index (χ0n) is 12.4. The summed E-state index contributed by atoms with van der Waals surface area (Å²) < 4.78 is 26.5. The minimum absolute atomic E-state index is 0.0696. The first-order valence-corrected chi connectivity index (χ1v) is 7.41. The van der Waals surface area contributed by atoms with E-state index >= 15 is 0 Å². The number of carbonyl (C=O) groups is 1. The van der Waals surface area contributed by atoms with Gasteiger partial charge in [0.25, 0.3) is 0 Å². The van der Waals surface area contributed by atoms with Gasteiger partial charge >= 0.3 is 0 Å². The Bertz CT molecular complexity index is 690. The lowest BCUT2D eigenvalue weighted by Gasteiger charge is -2.11. The molecule has 1 aliphatic rings. The third-order valence-corrected chi connectivity index (χ3v) is 3.90. The molecule has 2 aromatic rings. The van der Waals surface area contributed by atoms with Crippen LogP contribution in [0.2, 0.25) is 0 Å². The van der Waals surface area contributed by atoms with Gasteiger partial charge in [0, 0.05) is 18.2 Å². The molecule has 0 spiro atoms. The summed E-state index contributed by atoms with van der Waals surface area (Å²) in [5.74, 6) is -0.834. The first kappa shape index (κ1) is 15.6. The molecule has 3 rings (SSSR count). The van der Waals surface area contributed by atoms with Gasteiger partial charge in [0.1, 0.15) is 17.7 Å². The minimum atomic E-state index is -0.420. The van der Waals surface area contributed by atoms with E-state index in [2.05, 4.69) is 16.2 Å². The van der Waals surface area contributed by atoms with E-state index in [9.17, 15) is 13.6 Å². The molecule has 1 saturated heterocycles. The van der Waals surface area contributed by atoms with E-state index < -0.39 is 6.04 Å². The van der Waals surface area contributed by atoms with Crippen LogP contribution in [0.4, 0.5) is 8.78 Å². The smallest absolute Gasteiger partial charge is 0.238 e. The molecule has 23 heavy (non-hydrogen) atoms. The van der Waals surface area contributed by atoms with Crippen molar-refractivity contribution in [2.45, 2.75) is 25.0 Å². The first-order chi connectivity index (χ1) is 11.1. The van der Waals surface area contributed by atoms with Crippen molar-refractivity contribution < 1.29 is 13.6 Å². The maximum Gasteiger partial charge on any atom is 0.238 e. The van der Waals surface area contributed by atoms with Crippen molar-refractivity contribution >= 4 is 5.91 Å². The van der Waals surface area contributed by atoms with Gasteiger partial charge in [0.15, 0.2) is 0 Å². The summed E-state index contributed by atoms with van der Waals surface area (Å²) in [5, 5.41) is 2.72. The minimum Gasteiger partial charge on any atom is -0.351 e. The molecule has 6 heteroatoms. The van der Waals surface area contributed by atoms with Crippen LogP contribution in [0.1, 0.15) is 23.6 Å². The van der Waals surface area contributed by atoms with Crippen molar-refractivity contribution in [1.82, 2.24) is 16.2 Å². The molecule has 2 atom stereocenters. The summed E-state index contributed by atoms with van der Waals surface area (Å²) in [7, 11) is 0. The van der Waals surface area contributed by atoms with Gasteiger partial charge in [-0.1, -0.05) is 30.3 Å². The summed E-state index contributed by atoms with van der Waals surface area (Å²) in [5.41, 5.74) is 7.30. The molecule has 0 aromatic heterocycles. The second kappa shape index (κ2) is 6.85. The standard InChI is InChI=1S/C17H17F2N3O/c18-13-7-5-11(6-8-13)15-9-16(22-21-15)17(23)20-10-12-3-1-2-4-14(12)19/h1-8,15-16,21-22H,9-10H2,(H,20,23). The maximum atomic E-state index is 13.5. The van der Waals surface area contributed by atoms with Crippen LogP contribution < -0.4 is 16.2 Å². The predicted octanol–water partition coefficient (Wildman–Crippen LogP) is 2.19. The number of amides is 1. The Morgan fingerprint density at radius 1 is 1.09 bits per heavy atom. The van der Waals surface area contributed by atoms with Gasteiger partial charge in [-0.3, -0.25) is 4.79 Å². The van der Waals surface area contributed by atoms with Gasteiger partial charge in [-0.2, -0.15) is 0 Å². The number of benzene rings is 2. The second-order valence-electron chi connectivity index (χ2n) is 5.49. The Labute approximate surface area is 132 Å². The van der Waals surface area contributed by atoms with Crippen LogP contribution in [0.25, 0.3) is 0 Å². The number of hydrazine groups is 1. The molecule has 0 aliphatic carbocycles. The van der Waals surface area contributed by atoms with Crippen molar-refractivity contribution in [3.63, 3.8) is 0 Å². The molecule has 4 nitrogen and oxygen atoms in total. The molecule has 3 N–H and O–H groups in total. The average molecular weight is 317 g/mol. The average Bonchev–Trinajstić information content (AvgIpc) is 3.04. The number of hydrogen-bond acceptors (Lipinski definition) is 3. The molecular formula is C17H17F2N3O. The quantitative estimate of drug-likeness (QED) is 0.810. The van der Waals surface area contributed by atoms with Crippen molar-refractivity contribution in [2.24, 2.45) is 0 Å². The van der Waals surface area contributed by atoms with E-state index in [0.29, 0.717) is 12.0 Å². The maximum absolute atomic E-state index is 13.5. The molecule has 1 aliphatic heterocycles. The Morgan fingerprint density at radius 2 is 1.83 bits per heavy atom. The van der Waals surface area contributed by atoms with Gasteiger partial charge in [0.2, 0.25) is 5.91 Å². The lowest BCUT2D eigenvalue weighted by molar-refractivity contribution is -0.123. The number of nitrogens with one attached hydrogen (secondary N) is 3. The Kier molecular flexibility index (Phi) is 4.64. The Balaban J connectivity index is 1.55. The van der Waals surface area contributed by atoms with Crippen molar-refractivity contribution in [3.8, 4) is 0 Å². The van der Waals surface area contributed by atoms with Crippen LogP contribution in [0.15, 0.2) is 48.5 Å². The fourth-order valence-electron chi connectivity index (χ4n) is 2.59. The highest BCUT2D eigenvalue weighted by Crippen LogP contribution is 2.22. The number of halogens is 2.